The van der Waals surface area contributed by atoms with Gasteiger partial charge in [-0.25, -0.2) is 14.4 Å². The van der Waals surface area contributed by atoms with Gasteiger partial charge in [0, 0.05) is 60.7 Å². The van der Waals surface area contributed by atoms with Gasteiger partial charge in [-0.05, 0) is 107 Å². The Morgan fingerprint density at radius 2 is 1.59 bits per heavy atom. The van der Waals surface area contributed by atoms with Crippen LogP contribution < -0.4 is 20.1 Å². The van der Waals surface area contributed by atoms with Crippen LogP contribution in [-0.2, 0) is 28.8 Å². The molecular formula is C42H57ClFN5O5. The summed E-state index contributed by atoms with van der Waals surface area (Å²) < 4.78 is 31.4. The molecule has 0 spiro atoms. The quantitative estimate of drug-likeness (QED) is 0.122. The van der Waals surface area contributed by atoms with Gasteiger partial charge in [0.25, 0.3) is 0 Å². The summed E-state index contributed by atoms with van der Waals surface area (Å²) in [7, 11) is 3.38. The average molecular weight is 766 g/mol. The summed E-state index contributed by atoms with van der Waals surface area (Å²) in [6, 6.07) is 8.61. The van der Waals surface area contributed by atoms with Crippen LogP contribution in [0.1, 0.15) is 118 Å². The first-order valence-corrected chi connectivity index (χ1v) is 20.2. The maximum atomic E-state index is 14.4. The number of aliphatic carboxylic acids is 1. The minimum absolute atomic E-state index is 0.0128. The lowest BCUT2D eigenvalue weighted by atomic mass is 9.80. The van der Waals surface area contributed by atoms with E-state index in [0.29, 0.717) is 48.4 Å². The molecule has 0 radical (unpaired) electrons. The van der Waals surface area contributed by atoms with E-state index >= 15 is 0 Å². The second kappa shape index (κ2) is 18.8. The number of halogens is 2. The molecule has 3 aliphatic heterocycles. The van der Waals surface area contributed by atoms with Gasteiger partial charge in [0.15, 0.2) is 0 Å². The molecule has 10 nitrogen and oxygen atoms in total. The number of hydrogen-bond donors (Lipinski definition) is 3. The van der Waals surface area contributed by atoms with Crippen molar-refractivity contribution in [2.24, 2.45) is 0 Å². The Labute approximate surface area is 324 Å². The number of aryl methyl sites for hydroxylation is 1. The zero-order valence-electron chi connectivity index (χ0n) is 32.3. The van der Waals surface area contributed by atoms with Gasteiger partial charge in [-0.1, -0.05) is 36.9 Å². The van der Waals surface area contributed by atoms with Crippen molar-refractivity contribution in [3.8, 4) is 11.5 Å². The van der Waals surface area contributed by atoms with E-state index in [0.717, 1.165) is 117 Å². The van der Waals surface area contributed by atoms with E-state index in [1.807, 2.05) is 11.0 Å². The third-order valence-corrected chi connectivity index (χ3v) is 11.6. The summed E-state index contributed by atoms with van der Waals surface area (Å²) in [5, 5.41) is 17.5. The highest BCUT2D eigenvalue weighted by Gasteiger charge is 2.36. The molecule has 0 bridgehead atoms. The molecule has 7 rings (SSSR count). The first-order valence-electron chi connectivity index (χ1n) is 19.8. The molecule has 1 saturated carbocycles. The van der Waals surface area contributed by atoms with Crippen molar-refractivity contribution in [1.29, 1.82) is 0 Å². The predicted molar refractivity (Wildman–Crippen MR) is 211 cm³/mol. The Morgan fingerprint density at radius 3 is 2.26 bits per heavy atom. The van der Waals surface area contributed by atoms with Crippen LogP contribution in [0, 0.1) is 5.82 Å². The molecule has 4 aliphatic rings. The van der Waals surface area contributed by atoms with E-state index in [-0.39, 0.29) is 11.9 Å². The second-order valence-corrected chi connectivity index (χ2v) is 15.8. The zero-order chi connectivity index (χ0) is 38.2. The summed E-state index contributed by atoms with van der Waals surface area (Å²) in [5.41, 5.74) is 4.96. The number of nitrogens with zero attached hydrogens (tertiary/aromatic N) is 3. The molecule has 294 valence electrons. The molecule has 0 amide bonds. The number of hydrogen-bond acceptors (Lipinski definition) is 9. The molecule has 3 aromatic rings. The number of carboxylic acids is 1. The van der Waals surface area contributed by atoms with Crippen molar-refractivity contribution < 1.29 is 28.5 Å². The highest BCUT2D eigenvalue weighted by Crippen LogP contribution is 2.39. The van der Waals surface area contributed by atoms with Crippen LogP contribution in [0.3, 0.4) is 0 Å². The lowest BCUT2D eigenvalue weighted by molar-refractivity contribution is -0.143. The van der Waals surface area contributed by atoms with Gasteiger partial charge in [0.2, 0.25) is 0 Å². The number of anilines is 2. The Bertz CT molecular complexity index is 1740. The molecule has 1 saturated heterocycles. The van der Waals surface area contributed by atoms with E-state index in [9.17, 15) is 14.3 Å². The SMILES string of the molecule is COc1cc(CCCCO[C@@H]2CCN(C(C(=O)O)c3cc(F)ccc3C3CCCCC3)C2)nc2c1CCC(C)N2.COc1cc(Cl)nc2c1CCC(C)N2. The number of pyridine rings is 2. The number of carboxylic acid groups (broad SMARTS) is 1. The lowest BCUT2D eigenvalue weighted by Crippen LogP contribution is -2.34. The summed E-state index contributed by atoms with van der Waals surface area (Å²) in [5.74, 6) is 2.59. The highest BCUT2D eigenvalue weighted by molar-refractivity contribution is 6.29. The van der Waals surface area contributed by atoms with Crippen molar-refractivity contribution in [2.45, 2.75) is 127 Å². The van der Waals surface area contributed by atoms with E-state index < -0.39 is 12.0 Å². The number of rotatable bonds is 12. The number of likely N-dealkylation sites (tertiary alicyclic amines) is 1. The third kappa shape index (κ3) is 9.95. The van der Waals surface area contributed by atoms with Gasteiger partial charge in [0.05, 0.1) is 20.3 Å². The topological polar surface area (TPSA) is 118 Å². The van der Waals surface area contributed by atoms with Crippen molar-refractivity contribution in [2.75, 3.05) is 44.5 Å². The fourth-order valence-electron chi connectivity index (χ4n) is 8.50. The Balaban J connectivity index is 0.000000297. The molecule has 1 aliphatic carbocycles. The van der Waals surface area contributed by atoms with E-state index in [1.54, 1.807) is 20.3 Å². The lowest BCUT2D eigenvalue weighted by Gasteiger charge is -2.30. The summed E-state index contributed by atoms with van der Waals surface area (Å²) in [4.78, 5) is 23.6. The van der Waals surface area contributed by atoms with Gasteiger partial charge in [-0.2, -0.15) is 0 Å². The van der Waals surface area contributed by atoms with Gasteiger partial charge < -0.3 is 30.0 Å². The van der Waals surface area contributed by atoms with Gasteiger partial charge in [-0.15, -0.1) is 0 Å². The van der Waals surface area contributed by atoms with Crippen LogP contribution in [-0.4, -0.2) is 78.0 Å². The predicted octanol–water partition coefficient (Wildman–Crippen LogP) is 8.75. The highest BCUT2D eigenvalue weighted by atomic mass is 35.5. The second-order valence-electron chi connectivity index (χ2n) is 15.4. The van der Waals surface area contributed by atoms with E-state index in [2.05, 4.69) is 35.5 Å². The molecule has 1 aromatic carbocycles. The Hall–Kier alpha value is -3.67. The number of ether oxygens (including phenoxy) is 3. The number of benzene rings is 1. The fourth-order valence-corrected chi connectivity index (χ4v) is 8.68. The summed E-state index contributed by atoms with van der Waals surface area (Å²) in [6.45, 7) is 6.12. The fraction of sp³-hybridized carbons (Fsp3) is 0.595. The molecule has 5 heterocycles. The van der Waals surface area contributed by atoms with Crippen molar-refractivity contribution >= 4 is 29.2 Å². The molecule has 12 heteroatoms. The maximum absolute atomic E-state index is 14.4. The third-order valence-electron chi connectivity index (χ3n) is 11.4. The van der Waals surface area contributed by atoms with Gasteiger partial charge in [0.1, 0.15) is 40.1 Å². The molecule has 54 heavy (non-hydrogen) atoms. The number of fused-ring (bicyclic) bond motifs is 2. The number of aromatic nitrogens is 2. The molecule has 3 N–H and O–H groups in total. The smallest absolute Gasteiger partial charge is 0.325 e. The normalized spacial score (nSPS) is 21.8. The van der Waals surface area contributed by atoms with Crippen LogP contribution >= 0.6 is 11.6 Å². The van der Waals surface area contributed by atoms with E-state index in [1.165, 1.54) is 24.1 Å². The van der Waals surface area contributed by atoms with Gasteiger partial charge >= 0.3 is 5.97 Å². The van der Waals surface area contributed by atoms with Crippen molar-refractivity contribution in [1.82, 2.24) is 14.9 Å². The molecule has 3 unspecified atom stereocenters. The minimum Gasteiger partial charge on any atom is -0.496 e. The Kier molecular flexibility index (Phi) is 13.9. The van der Waals surface area contributed by atoms with Crippen LogP contribution in [0.25, 0.3) is 0 Å². The van der Waals surface area contributed by atoms with E-state index in [4.69, 9.17) is 30.8 Å². The molecular weight excluding hydrogens is 709 g/mol. The van der Waals surface area contributed by atoms with Crippen LogP contribution in [0.15, 0.2) is 30.3 Å². The monoisotopic (exact) mass is 765 g/mol. The summed E-state index contributed by atoms with van der Waals surface area (Å²) in [6.07, 6.45) is 13.2. The van der Waals surface area contributed by atoms with Crippen LogP contribution in [0.4, 0.5) is 16.0 Å². The number of carbonyl (C=O) groups is 1. The molecule has 2 fully saturated rings. The Morgan fingerprint density at radius 1 is 0.926 bits per heavy atom. The van der Waals surface area contributed by atoms with Crippen LogP contribution in [0.5, 0.6) is 11.5 Å². The standard InChI is InChI=1S/C32H44FN3O4.C10H13ClN2O/c1-21-11-13-27-29(39-2)19-24(35-31(27)34-21)10-6-7-17-40-25-15-16-36(20-25)30(32(37)38)28-18-23(33)12-14-26(28)22-8-4-3-5-9-22;1-6-3-4-7-8(14-2)5-9(11)13-10(7)12-6/h12,14,18-19,21-22,25,30H,3-11,13,15-17,20H2,1-2H3,(H,34,35)(H,37,38);5-6H,3-4H2,1-2H3,(H,12,13)/t21?,25-,30?;/m1./s1. The maximum Gasteiger partial charge on any atom is 0.325 e. The first kappa shape index (κ1) is 40.0. The summed E-state index contributed by atoms with van der Waals surface area (Å²) >= 11 is 5.88. The van der Waals surface area contributed by atoms with Crippen LogP contribution in [0.2, 0.25) is 5.15 Å². The first-order chi connectivity index (χ1) is 26.1. The van der Waals surface area contributed by atoms with Gasteiger partial charge in [-0.3, -0.25) is 9.69 Å². The molecule has 4 atom stereocenters. The largest absolute Gasteiger partial charge is 0.496 e. The minimum atomic E-state index is -0.917. The number of nitrogens with one attached hydrogen (secondary N) is 2. The number of unbranched alkanes of at least 4 members (excludes halogenated alkanes) is 1. The van der Waals surface area contributed by atoms with Crippen molar-refractivity contribution in [3.05, 3.63) is 69.2 Å². The average Bonchev–Trinajstić information content (AvgIpc) is 3.62. The number of methoxy groups -OCH3 is 2. The molecule has 2 aromatic heterocycles. The zero-order valence-corrected chi connectivity index (χ0v) is 33.0. The van der Waals surface area contributed by atoms with Crippen molar-refractivity contribution in [3.63, 3.8) is 0 Å².